The number of rotatable bonds is 5. The highest BCUT2D eigenvalue weighted by atomic mass is 79.9. The van der Waals surface area contributed by atoms with E-state index in [0.717, 1.165) is 4.47 Å². The van der Waals surface area contributed by atoms with Gasteiger partial charge in [0.2, 0.25) is 0 Å². The van der Waals surface area contributed by atoms with Gasteiger partial charge in [0.1, 0.15) is 12.4 Å². The molecule has 0 atom stereocenters. The molecule has 0 aliphatic carbocycles. The van der Waals surface area contributed by atoms with E-state index in [1.807, 2.05) is 12.1 Å². The van der Waals surface area contributed by atoms with Gasteiger partial charge in [-0.3, -0.25) is 0 Å². The number of hydrogen-bond acceptors (Lipinski definition) is 4. The first-order valence-electron chi connectivity index (χ1n) is 6.04. The monoisotopic (exact) mass is 389 g/mol. The Morgan fingerprint density at radius 2 is 1.81 bits per heavy atom. The first-order valence-corrected chi connectivity index (χ1v) is 8.87. The molecule has 0 saturated heterocycles. The maximum Gasteiger partial charge on any atom is 0.183 e. The Balaban J connectivity index is 2.03. The molecule has 0 saturated carbocycles. The maximum atomic E-state index is 12.2. The quantitative estimate of drug-likeness (QED) is 0.793. The zero-order valence-electron chi connectivity index (χ0n) is 10.9. The summed E-state index contributed by atoms with van der Waals surface area (Å²) in [6.07, 6.45) is 0. The zero-order valence-corrected chi connectivity index (χ0v) is 14.1. The summed E-state index contributed by atoms with van der Waals surface area (Å²) in [5.74, 6) is 0.448. The number of anilines is 1. The molecule has 0 unspecified atom stereocenters. The summed E-state index contributed by atoms with van der Waals surface area (Å²) in [4.78, 5) is 0.0674. The third-order valence-electron chi connectivity index (χ3n) is 2.73. The number of ether oxygens (including phenoxy) is 1. The zero-order chi connectivity index (χ0) is 15.5. The van der Waals surface area contributed by atoms with Crippen molar-refractivity contribution in [1.82, 2.24) is 0 Å². The minimum absolute atomic E-state index is 0.0463. The first-order chi connectivity index (χ1) is 9.88. The largest absolute Gasteiger partial charge is 0.493 e. The number of nitrogen functional groups attached to an aromatic ring is 1. The van der Waals surface area contributed by atoms with Crippen molar-refractivity contribution in [2.75, 3.05) is 18.1 Å². The van der Waals surface area contributed by atoms with E-state index in [1.54, 1.807) is 12.1 Å². The lowest BCUT2D eigenvalue weighted by atomic mass is 10.3. The van der Waals surface area contributed by atoms with Crippen molar-refractivity contribution in [1.29, 1.82) is 0 Å². The van der Waals surface area contributed by atoms with Crippen molar-refractivity contribution in [2.24, 2.45) is 0 Å². The molecule has 0 spiro atoms. The molecule has 0 aliphatic rings. The average Bonchev–Trinajstić information content (AvgIpc) is 2.40. The summed E-state index contributed by atoms with van der Waals surface area (Å²) in [6.45, 7) is 0.0463. The maximum absolute atomic E-state index is 12.2. The van der Waals surface area contributed by atoms with Crippen LogP contribution in [0, 0.1) is 0 Å². The predicted octanol–water partition coefficient (Wildman–Crippen LogP) is 3.54. The van der Waals surface area contributed by atoms with Crippen LogP contribution < -0.4 is 10.5 Å². The lowest BCUT2D eigenvalue weighted by Gasteiger charge is -2.09. The third kappa shape index (κ3) is 4.36. The van der Waals surface area contributed by atoms with Crippen molar-refractivity contribution in [3.8, 4) is 5.75 Å². The Morgan fingerprint density at radius 1 is 1.14 bits per heavy atom. The van der Waals surface area contributed by atoms with Gasteiger partial charge in [0.15, 0.2) is 9.84 Å². The Labute approximate surface area is 136 Å². The van der Waals surface area contributed by atoms with E-state index in [9.17, 15) is 8.42 Å². The van der Waals surface area contributed by atoms with E-state index in [2.05, 4.69) is 15.9 Å². The molecule has 0 bridgehead atoms. The highest BCUT2D eigenvalue weighted by Gasteiger charge is 2.18. The van der Waals surface area contributed by atoms with Gasteiger partial charge in [0.25, 0.3) is 0 Å². The molecular weight excluding hydrogens is 378 g/mol. The number of benzene rings is 2. The molecule has 2 rings (SSSR count). The van der Waals surface area contributed by atoms with Gasteiger partial charge in [0, 0.05) is 10.2 Å². The standard InChI is InChI=1S/C14H13BrClNO3S/c15-10-1-4-12(5-2-10)20-7-8-21(18,19)14-6-3-11(17)9-13(14)16/h1-6,9H,7-8,17H2. The van der Waals surface area contributed by atoms with Gasteiger partial charge in [-0.1, -0.05) is 27.5 Å². The van der Waals surface area contributed by atoms with Crippen LogP contribution in [-0.4, -0.2) is 20.8 Å². The van der Waals surface area contributed by atoms with Gasteiger partial charge >= 0.3 is 0 Å². The molecule has 7 heteroatoms. The molecule has 2 aromatic carbocycles. The van der Waals surface area contributed by atoms with E-state index >= 15 is 0 Å². The van der Waals surface area contributed by atoms with E-state index in [0.29, 0.717) is 11.4 Å². The SMILES string of the molecule is Nc1ccc(S(=O)(=O)CCOc2ccc(Br)cc2)c(Cl)c1. The number of hydrogen-bond donors (Lipinski definition) is 1. The second kappa shape index (κ2) is 6.68. The van der Waals surface area contributed by atoms with Gasteiger partial charge in [-0.05, 0) is 42.5 Å². The van der Waals surface area contributed by atoms with Crippen LogP contribution >= 0.6 is 27.5 Å². The Bertz CT molecular complexity index is 732. The van der Waals surface area contributed by atoms with Gasteiger partial charge < -0.3 is 10.5 Å². The van der Waals surface area contributed by atoms with Crippen LogP contribution in [0.15, 0.2) is 51.8 Å². The summed E-state index contributed by atoms with van der Waals surface area (Å²) in [6, 6.07) is 11.5. The lowest BCUT2D eigenvalue weighted by molar-refractivity contribution is 0.341. The molecule has 0 heterocycles. The number of sulfone groups is 1. The summed E-state index contributed by atoms with van der Waals surface area (Å²) >= 11 is 9.24. The fourth-order valence-corrected chi connectivity index (χ4v) is 3.64. The van der Waals surface area contributed by atoms with Crippen molar-refractivity contribution >= 4 is 43.1 Å². The van der Waals surface area contributed by atoms with Gasteiger partial charge in [-0.2, -0.15) is 0 Å². The van der Waals surface area contributed by atoms with E-state index < -0.39 is 9.84 Å². The van der Waals surface area contributed by atoms with Crippen LogP contribution in [-0.2, 0) is 9.84 Å². The van der Waals surface area contributed by atoms with E-state index in [1.165, 1.54) is 18.2 Å². The molecule has 0 fully saturated rings. The van der Waals surface area contributed by atoms with Crippen LogP contribution in [0.2, 0.25) is 5.02 Å². The Morgan fingerprint density at radius 3 is 2.43 bits per heavy atom. The fraction of sp³-hybridized carbons (Fsp3) is 0.143. The van der Waals surface area contributed by atoms with Crippen LogP contribution in [0.4, 0.5) is 5.69 Å². The number of nitrogens with two attached hydrogens (primary N) is 1. The topological polar surface area (TPSA) is 69.4 Å². The molecule has 21 heavy (non-hydrogen) atoms. The van der Waals surface area contributed by atoms with Gasteiger partial charge in [-0.25, -0.2) is 8.42 Å². The molecular formula is C14H13BrClNO3S. The summed E-state index contributed by atoms with van der Waals surface area (Å²) in [5, 5.41) is 0.124. The second-order valence-electron chi connectivity index (χ2n) is 4.31. The van der Waals surface area contributed by atoms with Crippen LogP contribution in [0.25, 0.3) is 0 Å². The van der Waals surface area contributed by atoms with Crippen molar-refractivity contribution in [2.45, 2.75) is 4.90 Å². The van der Waals surface area contributed by atoms with Crippen LogP contribution in [0.1, 0.15) is 0 Å². The summed E-state index contributed by atoms with van der Waals surface area (Å²) < 4.78 is 30.7. The minimum Gasteiger partial charge on any atom is -0.493 e. The smallest absolute Gasteiger partial charge is 0.183 e. The lowest BCUT2D eigenvalue weighted by Crippen LogP contribution is -2.14. The second-order valence-corrected chi connectivity index (χ2v) is 7.71. The van der Waals surface area contributed by atoms with Crippen molar-refractivity contribution < 1.29 is 13.2 Å². The summed E-state index contributed by atoms with van der Waals surface area (Å²) in [7, 11) is -3.51. The first kappa shape index (κ1) is 16.1. The normalized spacial score (nSPS) is 11.3. The van der Waals surface area contributed by atoms with Gasteiger partial charge in [-0.15, -0.1) is 0 Å². The molecule has 0 radical (unpaired) electrons. The Kier molecular flexibility index (Phi) is 5.13. The highest BCUT2D eigenvalue weighted by molar-refractivity contribution is 9.10. The third-order valence-corrected chi connectivity index (χ3v) is 5.41. The molecule has 0 aliphatic heterocycles. The van der Waals surface area contributed by atoms with Crippen LogP contribution in [0.5, 0.6) is 5.75 Å². The molecule has 2 aromatic rings. The highest BCUT2D eigenvalue weighted by Crippen LogP contribution is 2.25. The Hall–Kier alpha value is -1.24. The van der Waals surface area contributed by atoms with Crippen LogP contribution in [0.3, 0.4) is 0 Å². The molecule has 112 valence electrons. The number of halogens is 2. The molecule has 2 N–H and O–H groups in total. The minimum atomic E-state index is -3.51. The fourth-order valence-electron chi connectivity index (χ4n) is 1.68. The van der Waals surface area contributed by atoms with Crippen molar-refractivity contribution in [3.05, 3.63) is 52.0 Å². The van der Waals surface area contributed by atoms with E-state index in [4.69, 9.17) is 22.1 Å². The molecule has 4 nitrogen and oxygen atoms in total. The van der Waals surface area contributed by atoms with Gasteiger partial charge in [0.05, 0.1) is 15.7 Å². The molecule has 0 aromatic heterocycles. The summed E-state index contributed by atoms with van der Waals surface area (Å²) in [5.41, 5.74) is 5.97. The average molecular weight is 391 g/mol. The predicted molar refractivity (Wildman–Crippen MR) is 87.6 cm³/mol. The van der Waals surface area contributed by atoms with E-state index in [-0.39, 0.29) is 22.3 Å². The molecule has 0 amide bonds. The van der Waals surface area contributed by atoms with Crippen molar-refractivity contribution in [3.63, 3.8) is 0 Å².